The monoisotopic (exact) mass is 235 g/mol. The van der Waals surface area contributed by atoms with Crippen molar-refractivity contribution in [2.45, 2.75) is 52.0 Å². The van der Waals surface area contributed by atoms with Crippen LogP contribution in [0.1, 0.15) is 43.9 Å². The molecule has 1 aromatic carbocycles. The summed E-state index contributed by atoms with van der Waals surface area (Å²) in [5, 5.41) is 9.31. The molecule has 1 unspecified atom stereocenters. The molecule has 0 aliphatic heterocycles. The molecule has 1 rings (SSSR count). The van der Waals surface area contributed by atoms with Crippen molar-refractivity contribution in [1.29, 1.82) is 0 Å². The van der Waals surface area contributed by atoms with Crippen molar-refractivity contribution in [3.05, 3.63) is 34.9 Å². The Hall–Kier alpha value is -0.860. The molecular weight excluding hydrogens is 210 g/mol. The van der Waals surface area contributed by atoms with Gasteiger partial charge in [-0.2, -0.15) is 0 Å². The highest BCUT2D eigenvalue weighted by Crippen LogP contribution is 2.37. The van der Waals surface area contributed by atoms with Gasteiger partial charge in [-0.1, -0.05) is 36.2 Å². The molecule has 0 saturated heterocycles. The maximum atomic E-state index is 9.31. The molecule has 1 atom stereocenters. The van der Waals surface area contributed by atoms with E-state index in [1.165, 1.54) is 16.7 Å². The molecule has 2 nitrogen and oxygen atoms in total. The summed E-state index contributed by atoms with van der Waals surface area (Å²) in [5.41, 5.74) is 9.45. The van der Waals surface area contributed by atoms with Crippen molar-refractivity contribution in [3.63, 3.8) is 0 Å². The second-order valence-corrected chi connectivity index (χ2v) is 5.90. The lowest BCUT2D eigenvalue weighted by Gasteiger charge is -2.42. The lowest BCUT2D eigenvalue weighted by Crippen LogP contribution is -2.52. The zero-order valence-electron chi connectivity index (χ0n) is 11.7. The van der Waals surface area contributed by atoms with E-state index >= 15 is 0 Å². The largest absolute Gasteiger partial charge is 0.396 e. The molecule has 0 aliphatic rings. The number of rotatable bonds is 4. The number of hydrogen-bond donors (Lipinski definition) is 2. The molecule has 0 aliphatic carbocycles. The Balaban J connectivity index is 3.32. The highest BCUT2D eigenvalue weighted by molar-refractivity contribution is 5.36. The van der Waals surface area contributed by atoms with E-state index in [2.05, 4.69) is 39.0 Å². The van der Waals surface area contributed by atoms with Crippen LogP contribution in [0.3, 0.4) is 0 Å². The van der Waals surface area contributed by atoms with Crippen molar-refractivity contribution < 1.29 is 5.11 Å². The van der Waals surface area contributed by atoms with Gasteiger partial charge < -0.3 is 10.8 Å². The highest BCUT2D eigenvalue weighted by atomic mass is 16.3. The third-order valence-corrected chi connectivity index (χ3v) is 3.89. The molecule has 0 saturated carbocycles. The predicted molar refractivity (Wildman–Crippen MR) is 73.2 cm³/mol. The molecule has 0 spiro atoms. The molecule has 96 valence electrons. The molecule has 0 aromatic heterocycles. The van der Waals surface area contributed by atoms with Gasteiger partial charge in [0.2, 0.25) is 0 Å². The fourth-order valence-corrected chi connectivity index (χ4v) is 2.36. The molecule has 3 N–H and O–H groups in total. The first-order valence-electron chi connectivity index (χ1n) is 6.19. The lowest BCUT2D eigenvalue weighted by molar-refractivity contribution is 0.190. The number of aliphatic hydroxyl groups is 1. The smallest absolute Gasteiger partial charge is 0.0440 e. The standard InChI is InChI=1S/C15H25NO/c1-11-8-12(2)10-13(9-11)15(5,6-7-17)14(3,4)16/h8-10,17H,6-7,16H2,1-5H3. The third kappa shape index (κ3) is 2.88. The SMILES string of the molecule is Cc1cc(C)cc(C(C)(CCO)C(C)(C)N)c1. The zero-order chi connectivity index (χ0) is 13.3. The molecular formula is C15H25NO. The molecule has 2 heteroatoms. The second kappa shape index (κ2) is 4.79. The topological polar surface area (TPSA) is 46.2 Å². The van der Waals surface area contributed by atoms with Crippen LogP contribution in [0, 0.1) is 13.8 Å². The maximum absolute atomic E-state index is 9.31. The van der Waals surface area contributed by atoms with Crippen molar-refractivity contribution in [2.24, 2.45) is 5.73 Å². The number of nitrogens with two attached hydrogens (primary N) is 1. The molecule has 0 heterocycles. The van der Waals surface area contributed by atoms with E-state index in [0.29, 0.717) is 6.42 Å². The van der Waals surface area contributed by atoms with Crippen LogP contribution in [0.4, 0.5) is 0 Å². The average molecular weight is 235 g/mol. The number of aryl methyl sites for hydroxylation is 2. The van der Waals surface area contributed by atoms with Gasteiger partial charge in [-0.3, -0.25) is 0 Å². The Morgan fingerprint density at radius 3 is 1.88 bits per heavy atom. The van der Waals surface area contributed by atoms with Gasteiger partial charge in [0.25, 0.3) is 0 Å². The van der Waals surface area contributed by atoms with E-state index < -0.39 is 0 Å². The summed E-state index contributed by atoms with van der Waals surface area (Å²) in [6.45, 7) is 10.5. The lowest BCUT2D eigenvalue weighted by atomic mass is 9.66. The molecule has 0 bridgehead atoms. The van der Waals surface area contributed by atoms with E-state index in [0.717, 1.165) is 0 Å². The number of hydrogen-bond acceptors (Lipinski definition) is 2. The van der Waals surface area contributed by atoms with Crippen molar-refractivity contribution in [3.8, 4) is 0 Å². The van der Waals surface area contributed by atoms with E-state index in [-0.39, 0.29) is 17.6 Å². The fraction of sp³-hybridized carbons (Fsp3) is 0.600. The van der Waals surface area contributed by atoms with Gasteiger partial charge in [-0.15, -0.1) is 0 Å². The summed E-state index contributed by atoms with van der Waals surface area (Å²) < 4.78 is 0. The van der Waals surface area contributed by atoms with Crippen LogP contribution in [0.2, 0.25) is 0 Å². The van der Waals surface area contributed by atoms with E-state index in [4.69, 9.17) is 5.73 Å². The first-order chi connectivity index (χ1) is 7.70. The minimum Gasteiger partial charge on any atom is -0.396 e. The summed E-state index contributed by atoms with van der Waals surface area (Å²) in [6, 6.07) is 6.51. The second-order valence-electron chi connectivity index (χ2n) is 5.90. The molecule has 0 radical (unpaired) electrons. The first kappa shape index (κ1) is 14.2. The van der Waals surface area contributed by atoms with Crippen LogP contribution in [-0.4, -0.2) is 17.3 Å². The number of aliphatic hydroxyl groups excluding tert-OH is 1. The summed E-state index contributed by atoms with van der Waals surface area (Å²) in [7, 11) is 0. The Kier molecular flexibility index (Phi) is 4.00. The molecule has 0 fully saturated rings. The van der Waals surface area contributed by atoms with Crippen LogP contribution < -0.4 is 5.73 Å². The van der Waals surface area contributed by atoms with Gasteiger partial charge >= 0.3 is 0 Å². The van der Waals surface area contributed by atoms with Crippen LogP contribution in [0.25, 0.3) is 0 Å². The molecule has 17 heavy (non-hydrogen) atoms. The van der Waals surface area contributed by atoms with Crippen LogP contribution in [-0.2, 0) is 5.41 Å². The van der Waals surface area contributed by atoms with Crippen molar-refractivity contribution in [1.82, 2.24) is 0 Å². The summed E-state index contributed by atoms with van der Waals surface area (Å²) in [6.07, 6.45) is 0.680. The van der Waals surface area contributed by atoms with Gasteiger partial charge in [0, 0.05) is 17.6 Å². The quantitative estimate of drug-likeness (QED) is 0.843. The summed E-state index contributed by atoms with van der Waals surface area (Å²) >= 11 is 0. The Bertz CT molecular complexity index is 372. The Morgan fingerprint density at radius 1 is 1.06 bits per heavy atom. The van der Waals surface area contributed by atoms with Crippen LogP contribution in [0.15, 0.2) is 18.2 Å². The minimum absolute atomic E-state index is 0.157. The number of benzene rings is 1. The first-order valence-corrected chi connectivity index (χ1v) is 6.19. The van der Waals surface area contributed by atoms with Gasteiger partial charge in [-0.05, 0) is 39.7 Å². The summed E-state index contributed by atoms with van der Waals surface area (Å²) in [4.78, 5) is 0. The fourth-order valence-electron chi connectivity index (χ4n) is 2.36. The van der Waals surface area contributed by atoms with Gasteiger partial charge in [0.05, 0.1) is 0 Å². The Morgan fingerprint density at radius 2 is 1.53 bits per heavy atom. The Labute approximate surface area is 105 Å². The molecule has 0 amide bonds. The average Bonchev–Trinajstić information content (AvgIpc) is 2.14. The maximum Gasteiger partial charge on any atom is 0.0440 e. The van der Waals surface area contributed by atoms with E-state index in [9.17, 15) is 5.11 Å². The van der Waals surface area contributed by atoms with Gasteiger partial charge in [0.1, 0.15) is 0 Å². The highest BCUT2D eigenvalue weighted by Gasteiger charge is 2.39. The van der Waals surface area contributed by atoms with Crippen molar-refractivity contribution >= 4 is 0 Å². The molecule has 1 aromatic rings. The van der Waals surface area contributed by atoms with Gasteiger partial charge in [-0.25, -0.2) is 0 Å². The van der Waals surface area contributed by atoms with E-state index in [1.807, 2.05) is 13.8 Å². The summed E-state index contributed by atoms with van der Waals surface area (Å²) in [5.74, 6) is 0. The van der Waals surface area contributed by atoms with Crippen molar-refractivity contribution in [2.75, 3.05) is 6.61 Å². The normalized spacial score (nSPS) is 15.7. The minimum atomic E-state index is -0.365. The van der Waals surface area contributed by atoms with E-state index in [1.54, 1.807) is 0 Å². The van der Waals surface area contributed by atoms with Crippen LogP contribution >= 0.6 is 0 Å². The predicted octanol–water partition coefficient (Wildman–Crippen LogP) is 2.68. The zero-order valence-corrected chi connectivity index (χ0v) is 11.7. The van der Waals surface area contributed by atoms with Gasteiger partial charge in [0.15, 0.2) is 0 Å². The third-order valence-electron chi connectivity index (χ3n) is 3.89. The van der Waals surface area contributed by atoms with Crippen LogP contribution in [0.5, 0.6) is 0 Å².